The number of rotatable bonds is 5. The molecule has 7 nitrogen and oxygen atoms in total. The van der Waals surface area contributed by atoms with Gasteiger partial charge >= 0.3 is 6.09 Å². The maximum absolute atomic E-state index is 11.5. The van der Waals surface area contributed by atoms with Crippen LogP contribution in [0.4, 0.5) is 4.79 Å². The fourth-order valence-electron chi connectivity index (χ4n) is 1.32. The van der Waals surface area contributed by atoms with Crippen LogP contribution in [-0.4, -0.2) is 43.1 Å². The van der Waals surface area contributed by atoms with Crippen LogP contribution in [0.5, 0.6) is 0 Å². The molecule has 0 rings (SSSR count). The predicted octanol–water partition coefficient (Wildman–Crippen LogP) is 0.152. The number of nitrogens with one attached hydrogen (secondary N) is 3. The highest BCUT2D eigenvalue weighted by atomic mass is 16.6. The molecule has 110 valence electrons. The van der Waals surface area contributed by atoms with E-state index >= 15 is 0 Å². The lowest BCUT2D eigenvalue weighted by Crippen LogP contribution is -2.46. The third-order valence-electron chi connectivity index (χ3n) is 2.04. The predicted molar refractivity (Wildman–Crippen MR) is 70.5 cm³/mol. The van der Waals surface area contributed by atoms with Crippen LogP contribution in [0.2, 0.25) is 0 Å². The first-order valence-corrected chi connectivity index (χ1v) is 6.11. The Morgan fingerprint density at radius 3 is 2.21 bits per heavy atom. The lowest BCUT2D eigenvalue weighted by Gasteiger charge is -2.20. The molecule has 0 fully saturated rings. The summed E-state index contributed by atoms with van der Waals surface area (Å²) in [6, 6.07) is -0.669. The highest BCUT2D eigenvalue weighted by molar-refractivity contribution is 5.86. The Kier molecular flexibility index (Phi) is 6.89. The van der Waals surface area contributed by atoms with Gasteiger partial charge in [-0.25, -0.2) is 4.79 Å². The van der Waals surface area contributed by atoms with Gasteiger partial charge in [-0.1, -0.05) is 0 Å². The van der Waals surface area contributed by atoms with Gasteiger partial charge in [0, 0.05) is 20.5 Å². The highest BCUT2D eigenvalue weighted by Gasteiger charge is 2.19. The molecule has 7 heteroatoms. The van der Waals surface area contributed by atoms with E-state index in [0.29, 0.717) is 6.42 Å². The maximum atomic E-state index is 11.5. The number of amides is 3. The topological polar surface area (TPSA) is 96.5 Å². The van der Waals surface area contributed by atoms with E-state index in [2.05, 4.69) is 16.0 Å². The molecule has 0 aliphatic carbocycles. The lowest BCUT2D eigenvalue weighted by molar-refractivity contribution is -0.127. The van der Waals surface area contributed by atoms with Gasteiger partial charge in [-0.3, -0.25) is 9.59 Å². The summed E-state index contributed by atoms with van der Waals surface area (Å²) in [7, 11) is 1.48. The molecule has 0 aromatic carbocycles. The first kappa shape index (κ1) is 17.2. The zero-order chi connectivity index (χ0) is 15.1. The van der Waals surface area contributed by atoms with Gasteiger partial charge in [-0.15, -0.1) is 0 Å². The number of likely N-dealkylation sites (N-methyl/N-ethyl adjacent to an activating group) is 1. The Labute approximate surface area is 113 Å². The summed E-state index contributed by atoms with van der Waals surface area (Å²) in [6.45, 7) is 6.84. The highest BCUT2D eigenvalue weighted by Crippen LogP contribution is 2.06. The third kappa shape index (κ3) is 8.87. The quantitative estimate of drug-likeness (QED) is 0.664. The van der Waals surface area contributed by atoms with Crippen molar-refractivity contribution in [1.29, 1.82) is 0 Å². The molecule has 0 aliphatic rings. The molecule has 0 radical (unpaired) electrons. The zero-order valence-electron chi connectivity index (χ0n) is 12.1. The van der Waals surface area contributed by atoms with Crippen LogP contribution < -0.4 is 16.0 Å². The van der Waals surface area contributed by atoms with Gasteiger partial charge in [-0.05, 0) is 27.2 Å². The minimum absolute atomic E-state index is 0.229. The van der Waals surface area contributed by atoms with Crippen LogP contribution in [0.1, 0.15) is 34.1 Å². The van der Waals surface area contributed by atoms with E-state index in [1.165, 1.54) is 14.0 Å². The molecule has 0 spiro atoms. The molecule has 3 N–H and O–H groups in total. The normalized spacial score (nSPS) is 12.3. The molecule has 0 heterocycles. The van der Waals surface area contributed by atoms with Gasteiger partial charge in [0.05, 0.1) is 0 Å². The first-order valence-electron chi connectivity index (χ1n) is 6.11. The van der Waals surface area contributed by atoms with Gasteiger partial charge in [0.2, 0.25) is 11.8 Å². The number of carbonyl (C=O) groups is 3. The Balaban J connectivity index is 4.16. The van der Waals surface area contributed by atoms with E-state index in [1.54, 1.807) is 20.8 Å². The fourth-order valence-corrected chi connectivity index (χ4v) is 1.32. The molecular formula is C12H23N3O4. The van der Waals surface area contributed by atoms with Crippen LogP contribution >= 0.6 is 0 Å². The fraction of sp³-hybridized carbons (Fsp3) is 0.750. The van der Waals surface area contributed by atoms with Gasteiger partial charge in [-0.2, -0.15) is 0 Å². The lowest BCUT2D eigenvalue weighted by atomic mass is 10.2. The standard InChI is InChI=1S/C12H23N3O4/c1-8(16)15-9(10(17)13-5)6-7-14-11(18)19-12(2,3)4/h9H,6-7H2,1-5H3,(H,13,17)(H,14,18)(H,15,16)/t9-/m0/s1. The van der Waals surface area contributed by atoms with Crippen molar-refractivity contribution in [3.63, 3.8) is 0 Å². The minimum atomic E-state index is -0.669. The Morgan fingerprint density at radius 2 is 1.79 bits per heavy atom. The molecule has 0 saturated heterocycles. The number of ether oxygens (including phenoxy) is 1. The molecule has 0 aromatic rings. The maximum Gasteiger partial charge on any atom is 0.407 e. The third-order valence-corrected chi connectivity index (χ3v) is 2.04. The zero-order valence-corrected chi connectivity index (χ0v) is 12.1. The summed E-state index contributed by atoms with van der Waals surface area (Å²) in [6.07, 6.45) is -0.260. The monoisotopic (exact) mass is 273 g/mol. The first-order chi connectivity index (χ1) is 8.65. The molecule has 0 aliphatic heterocycles. The molecule has 3 amide bonds. The second-order valence-electron chi connectivity index (χ2n) is 5.08. The molecule has 0 aromatic heterocycles. The largest absolute Gasteiger partial charge is 0.444 e. The van der Waals surface area contributed by atoms with Crippen LogP contribution in [0.25, 0.3) is 0 Å². The van der Waals surface area contributed by atoms with Crippen molar-refractivity contribution in [2.24, 2.45) is 0 Å². The van der Waals surface area contributed by atoms with Crippen molar-refractivity contribution in [1.82, 2.24) is 16.0 Å². The number of hydrogen-bond donors (Lipinski definition) is 3. The van der Waals surface area contributed by atoms with Gasteiger partial charge in [0.1, 0.15) is 11.6 Å². The van der Waals surface area contributed by atoms with Gasteiger partial charge in [0.15, 0.2) is 0 Å². The number of alkyl carbamates (subject to hydrolysis) is 1. The Bertz CT molecular complexity index is 336. The summed E-state index contributed by atoms with van der Waals surface area (Å²) in [4.78, 5) is 33.8. The molecule has 19 heavy (non-hydrogen) atoms. The smallest absolute Gasteiger partial charge is 0.407 e. The van der Waals surface area contributed by atoms with Crippen molar-refractivity contribution >= 4 is 17.9 Å². The Morgan fingerprint density at radius 1 is 1.21 bits per heavy atom. The van der Waals surface area contributed by atoms with Crippen molar-refractivity contribution in [2.45, 2.75) is 45.8 Å². The van der Waals surface area contributed by atoms with E-state index in [1.807, 2.05) is 0 Å². The van der Waals surface area contributed by atoms with E-state index in [-0.39, 0.29) is 18.4 Å². The van der Waals surface area contributed by atoms with Crippen LogP contribution in [0, 0.1) is 0 Å². The van der Waals surface area contributed by atoms with Crippen molar-refractivity contribution in [3.8, 4) is 0 Å². The SMILES string of the molecule is CNC(=O)[C@H](CCNC(=O)OC(C)(C)C)NC(C)=O. The molecule has 0 bridgehead atoms. The summed E-state index contributed by atoms with van der Waals surface area (Å²) >= 11 is 0. The molecule has 0 unspecified atom stereocenters. The van der Waals surface area contributed by atoms with E-state index in [9.17, 15) is 14.4 Å². The summed E-state index contributed by atoms with van der Waals surface area (Å²) < 4.78 is 5.05. The van der Waals surface area contributed by atoms with E-state index < -0.39 is 17.7 Å². The van der Waals surface area contributed by atoms with Gasteiger partial charge in [0.25, 0.3) is 0 Å². The van der Waals surface area contributed by atoms with Crippen molar-refractivity contribution in [2.75, 3.05) is 13.6 Å². The second-order valence-corrected chi connectivity index (χ2v) is 5.08. The van der Waals surface area contributed by atoms with Crippen molar-refractivity contribution in [3.05, 3.63) is 0 Å². The average Bonchev–Trinajstić information content (AvgIpc) is 2.23. The Hall–Kier alpha value is -1.79. The molecule has 1 atom stereocenters. The van der Waals surface area contributed by atoms with Gasteiger partial charge < -0.3 is 20.7 Å². The molecule has 0 saturated carbocycles. The minimum Gasteiger partial charge on any atom is -0.444 e. The summed E-state index contributed by atoms with van der Waals surface area (Å²) in [5, 5.41) is 7.49. The van der Waals surface area contributed by atoms with E-state index in [4.69, 9.17) is 4.74 Å². The van der Waals surface area contributed by atoms with Crippen molar-refractivity contribution < 1.29 is 19.1 Å². The summed E-state index contributed by atoms with van der Waals surface area (Å²) in [5.41, 5.74) is -0.568. The van der Waals surface area contributed by atoms with Crippen LogP contribution in [-0.2, 0) is 14.3 Å². The average molecular weight is 273 g/mol. The van der Waals surface area contributed by atoms with Crippen LogP contribution in [0.15, 0.2) is 0 Å². The second kappa shape index (κ2) is 7.60. The number of carbonyl (C=O) groups excluding carboxylic acids is 3. The van der Waals surface area contributed by atoms with E-state index in [0.717, 1.165) is 0 Å². The number of hydrogen-bond acceptors (Lipinski definition) is 4. The summed E-state index contributed by atoms with van der Waals surface area (Å²) in [5.74, 6) is -0.605. The molecular weight excluding hydrogens is 250 g/mol. The van der Waals surface area contributed by atoms with Crippen LogP contribution in [0.3, 0.4) is 0 Å².